The Morgan fingerprint density at radius 3 is 2.69 bits per heavy atom. The lowest BCUT2D eigenvalue weighted by Crippen LogP contribution is -2.53. The summed E-state index contributed by atoms with van der Waals surface area (Å²) in [6, 6.07) is 1.30. The fourth-order valence-electron chi connectivity index (χ4n) is 2.97. The third-order valence-corrected chi connectivity index (χ3v) is 4.42. The summed E-state index contributed by atoms with van der Waals surface area (Å²) in [5.74, 6) is 0. The van der Waals surface area contributed by atoms with Crippen LogP contribution in [-0.4, -0.2) is 47.3 Å². The van der Waals surface area contributed by atoms with Crippen LogP contribution in [0, 0.1) is 0 Å². The van der Waals surface area contributed by atoms with Crippen LogP contribution in [0.4, 0.5) is 0 Å². The molecule has 0 aromatic heterocycles. The zero-order valence-corrected chi connectivity index (χ0v) is 10.7. The van der Waals surface area contributed by atoms with Crippen molar-refractivity contribution < 1.29 is 5.11 Å². The zero-order valence-electron chi connectivity index (χ0n) is 10.7. The molecule has 2 N–H and O–H groups in total. The molecule has 0 aromatic rings. The summed E-state index contributed by atoms with van der Waals surface area (Å²) in [5, 5.41) is 13.6. The van der Waals surface area contributed by atoms with E-state index in [0.717, 1.165) is 25.9 Å². The van der Waals surface area contributed by atoms with Gasteiger partial charge in [0.15, 0.2) is 0 Å². The molecule has 0 bridgehead atoms. The van der Waals surface area contributed by atoms with Gasteiger partial charge in [0.05, 0.1) is 5.60 Å². The fourth-order valence-corrected chi connectivity index (χ4v) is 2.97. The summed E-state index contributed by atoms with van der Waals surface area (Å²) < 4.78 is 0. The Hall–Kier alpha value is -0.120. The van der Waals surface area contributed by atoms with Gasteiger partial charge in [0, 0.05) is 18.6 Å². The van der Waals surface area contributed by atoms with E-state index in [2.05, 4.69) is 24.1 Å². The second-order valence-electron chi connectivity index (χ2n) is 5.66. The maximum absolute atomic E-state index is 10.0. The molecule has 2 unspecified atom stereocenters. The van der Waals surface area contributed by atoms with E-state index in [-0.39, 0.29) is 5.60 Å². The van der Waals surface area contributed by atoms with Crippen LogP contribution in [0.1, 0.15) is 46.0 Å². The highest BCUT2D eigenvalue weighted by Crippen LogP contribution is 2.31. The number of rotatable bonds is 4. The molecule has 2 fully saturated rings. The van der Waals surface area contributed by atoms with Gasteiger partial charge in [-0.3, -0.25) is 0 Å². The van der Waals surface area contributed by atoms with E-state index in [4.69, 9.17) is 0 Å². The molecule has 2 rings (SSSR count). The molecule has 1 heterocycles. The highest BCUT2D eigenvalue weighted by atomic mass is 16.3. The number of nitrogens with one attached hydrogen (secondary N) is 1. The molecule has 0 aromatic carbocycles. The second-order valence-corrected chi connectivity index (χ2v) is 5.66. The standard InChI is InChI=1S/C13H26N2O/c1-3-15-8-5-12(9-11(15)2)14-10-13(16)6-4-7-13/h11-12,14,16H,3-10H2,1-2H3. The Balaban J connectivity index is 1.71. The quantitative estimate of drug-likeness (QED) is 0.760. The normalized spacial score (nSPS) is 34.7. The van der Waals surface area contributed by atoms with Gasteiger partial charge in [-0.25, -0.2) is 0 Å². The largest absolute Gasteiger partial charge is 0.389 e. The van der Waals surface area contributed by atoms with E-state index < -0.39 is 0 Å². The van der Waals surface area contributed by atoms with Crippen molar-refractivity contribution in [3.8, 4) is 0 Å². The summed E-state index contributed by atoms with van der Waals surface area (Å²) in [6.07, 6.45) is 5.63. The second kappa shape index (κ2) is 5.03. The van der Waals surface area contributed by atoms with E-state index in [1.165, 1.54) is 25.8 Å². The van der Waals surface area contributed by atoms with Gasteiger partial charge in [0.2, 0.25) is 0 Å². The number of piperidine rings is 1. The van der Waals surface area contributed by atoms with Gasteiger partial charge < -0.3 is 15.3 Å². The highest BCUT2D eigenvalue weighted by molar-refractivity contribution is 4.92. The SMILES string of the molecule is CCN1CCC(NCC2(O)CCC2)CC1C. The summed E-state index contributed by atoms with van der Waals surface area (Å²) in [5.41, 5.74) is -0.370. The van der Waals surface area contributed by atoms with Crippen molar-refractivity contribution in [1.82, 2.24) is 10.2 Å². The first-order valence-corrected chi connectivity index (χ1v) is 6.83. The number of hydrogen-bond acceptors (Lipinski definition) is 3. The summed E-state index contributed by atoms with van der Waals surface area (Å²) in [7, 11) is 0. The first kappa shape index (κ1) is 12.3. The fraction of sp³-hybridized carbons (Fsp3) is 1.00. The number of nitrogens with zero attached hydrogens (tertiary/aromatic N) is 1. The lowest BCUT2D eigenvalue weighted by molar-refractivity contribution is -0.0352. The van der Waals surface area contributed by atoms with Crippen LogP contribution < -0.4 is 5.32 Å². The maximum atomic E-state index is 10.0. The van der Waals surface area contributed by atoms with Crippen molar-refractivity contribution in [3.05, 3.63) is 0 Å². The first-order valence-electron chi connectivity index (χ1n) is 6.83. The van der Waals surface area contributed by atoms with E-state index in [1.54, 1.807) is 0 Å². The van der Waals surface area contributed by atoms with Crippen LogP contribution in [0.25, 0.3) is 0 Å². The number of aliphatic hydroxyl groups is 1. The van der Waals surface area contributed by atoms with E-state index >= 15 is 0 Å². The maximum Gasteiger partial charge on any atom is 0.0771 e. The van der Waals surface area contributed by atoms with Crippen LogP contribution in [0.15, 0.2) is 0 Å². The molecule has 1 aliphatic heterocycles. The van der Waals surface area contributed by atoms with Gasteiger partial charge in [0.1, 0.15) is 0 Å². The molecular weight excluding hydrogens is 200 g/mol. The minimum absolute atomic E-state index is 0.370. The average Bonchev–Trinajstić information content (AvgIpc) is 2.24. The Bertz CT molecular complexity index is 228. The predicted octanol–water partition coefficient (Wildman–Crippen LogP) is 1.36. The van der Waals surface area contributed by atoms with Crippen LogP contribution >= 0.6 is 0 Å². The molecular formula is C13H26N2O. The summed E-state index contributed by atoms with van der Waals surface area (Å²) in [4.78, 5) is 2.54. The van der Waals surface area contributed by atoms with E-state index in [9.17, 15) is 5.11 Å². The minimum Gasteiger partial charge on any atom is -0.389 e. The third kappa shape index (κ3) is 2.76. The van der Waals surface area contributed by atoms with Gasteiger partial charge in [-0.05, 0) is 52.1 Å². The van der Waals surface area contributed by atoms with Crippen molar-refractivity contribution in [3.63, 3.8) is 0 Å². The summed E-state index contributed by atoms with van der Waals surface area (Å²) in [6.45, 7) is 7.72. The highest BCUT2D eigenvalue weighted by Gasteiger charge is 2.35. The molecule has 2 atom stereocenters. The van der Waals surface area contributed by atoms with Gasteiger partial charge >= 0.3 is 0 Å². The average molecular weight is 226 g/mol. The number of likely N-dealkylation sites (tertiary alicyclic amines) is 1. The number of hydrogen-bond donors (Lipinski definition) is 2. The van der Waals surface area contributed by atoms with Crippen molar-refractivity contribution in [2.24, 2.45) is 0 Å². The summed E-state index contributed by atoms with van der Waals surface area (Å²) >= 11 is 0. The lowest BCUT2D eigenvalue weighted by Gasteiger charge is -2.41. The van der Waals surface area contributed by atoms with Gasteiger partial charge in [-0.1, -0.05) is 6.92 Å². The van der Waals surface area contributed by atoms with Crippen molar-refractivity contribution in [1.29, 1.82) is 0 Å². The third-order valence-electron chi connectivity index (χ3n) is 4.42. The van der Waals surface area contributed by atoms with Crippen LogP contribution in [0.5, 0.6) is 0 Å². The first-order chi connectivity index (χ1) is 7.63. The van der Waals surface area contributed by atoms with Crippen molar-refractivity contribution >= 4 is 0 Å². The van der Waals surface area contributed by atoms with Crippen LogP contribution in [0.2, 0.25) is 0 Å². The monoisotopic (exact) mass is 226 g/mol. The molecule has 2 aliphatic rings. The molecule has 0 spiro atoms. The zero-order chi connectivity index (χ0) is 11.6. The van der Waals surface area contributed by atoms with Crippen LogP contribution in [0.3, 0.4) is 0 Å². The lowest BCUT2D eigenvalue weighted by atomic mass is 9.80. The van der Waals surface area contributed by atoms with Gasteiger partial charge in [0.25, 0.3) is 0 Å². The van der Waals surface area contributed by atoms with Crippen LogP contribution in [-0.2, 0) is 0 Å². The molecule has 3 heteroatoms. The Morgan fingerprint density at radius 2 is 2.19 bits per heavy atom. The predicted molar refractivity (Wildman–Crippen MR) is 66.5 cm³/mol. The Labute approximate surface area is 99.2 Å². The molecule has 1 saturated carbocycles. The smallest absolute Gasteiger partial charge is 0.0771 e. The molecule has 3 nitrogen and oxygen atoms in total. The van der Waals surface area contributed by atoms with Gasteiger partial charge in [-0.2, -0.15) is 0 Å². The minimum atomic E-state index is -0.370. The van der Waals surface area contributed by atoms with E-state index in [1.807, 2.05) is 0 Å². The van der Waals surface area contributed by atoms with Crippen molar-refractivity contribution in [2.45, 2.75) is 63.6 Å². The van der Waals surface area contributed by atoms with Crippen molar-refractivity contribution in [2.75, 3.05) is 19.6 Å². The molecule has 94 valence electrons. The molecule has 0 radical (unpaired) electrons. The molecule has 0 amide bonds. The van der Waals surface area contributed by atoms with E-state index in [0.29, 0.717) is 12.1 Å². The molecule has 1 aliphatic carbocycles. The molecule has 1 saturated heterocycles. The Kier molecular flexibility index (Phi) is 3.88. The Morgan fingerprint density at radius 1 is 1.44 bits per heavy atom. The van der Waals surface area contributed by atoms with Gasteiger partial charge in [-0.15, -0.1) is 0 Å². The molecule has 16 heavy (non-hydrogen) atoms. The topological polar surface area (TPSA) is 35.5 Å².